The van der Waals surface area contributed by atoms with Gasteiger partial charge in [-0.25, -0.2) is 9.83 Å². The number of benzene rings is 1. The van der Waals surface area contributed by atoms with E-state index in [1.54, 1.807) is 18.2 Å². The van der Waals surface area contributed by atoms with Crippen molar-refractivity contribution in [1.29, 1.82) is 0 Å². The molecule has 0 saturated carbocycles. The van der Waals surface area contributed by atoms with Gasteiger partial charge in [-0.3, -0.25) is 4.79 Å². The number of thiazole rings is 1. The summed E-state index contributed by atoms with van der Waals surface area (Å²) in [6.07, 6.45) is -4.08. The molecule has 8 heteroatoms. The number of hydrogen-bond acceptors (Lipinski definition) is 3. The van der Waals surface area contributed by atoms with Gasteiger partial charge in [0.15, 0.2) is 0 Å². The van der Waals surface area contributed by atoms with Crippen molar-refractivity contribution in [3.05, 3.63) is 78.8 Å². The summed E-state index contributed by atoms with van der Waals surface area (Å²) in [6, 6.07) is 7.81. The molecule has 0 aliphatic carbocycles. The Bertz CT molecular complexity index is 1170. The lowest BCUT2D eigenvalue weighted by atomic mass is 10.0. The lowest BCUT2D eigenvalue weighted by Crippen LogP contribution is -2.25. The lowest BCUT2D eigenvalue weighted by Gasteiger charge is -2.18. The van der Waals surface area contributed by atoms with Gasteiger partial charge in [0.05, 0.1) is 29.4 Å². The van der Waals surface area contributed by atoms with E-state index in [1.165, 1.54) is 15.9 Å². The largest absolute Gasteiger partial charge is 0.407 e. The van der Waals surface area contributed by atoms with Crippen molar-refractivity contribution in [2.75, 3.05) is 0 Å². The summed E-state index contributed by atoms with van der Waals surface area (Å²) in [5.74, 6) is 0. The van der Waals surface area contributed by atoms with Crippen molar-refractivity contribution in [2.24, 2.45) is 0 Å². The van der Waals surface area contributed by atoms with Gasteiger partial charge in [0.2, 0.25) is 0 Å². The number of rotatable bonds is 4. The van der Waals surface area contributed by atoms with Crippen LogP contribution in [0.2, 0.25) is 0 Å². The smallest absolute Gasteiger partial charge is 0.311 e. The Balaban J connectivity index is 2.32. The summed E-state index contributed by atoms with van der Waals surface area (Å²) >= 11 is 1.49. The highest BCUT2D eigenvalue weighted by atomic mass is 32.1. The molecular formula is C21H18F3N3OS. The van der Waals surface area contributed by atoms with E-state index in [9.17, 15) is 18.0 Å². The summed E-state index contributed by atoms with van der Waals surface area (Å²) in [5.41, 5.74) is -1.03. The molecule has 0 spiro atoms. The first-order chi connectivity index (χ1) is 13.7. The van der Waals surface area contributed by atoms with Crippen LogP contribution in [0.25, 0.3) is 16.1 Å². The highest BCUT2D eigenvalue weighted by Gasteiger charge is 2.36. The molecule has 150 valence electrons. The van der Waals surface area contributed by atoms with Crippen LogP contribution in [-0.4, -0.2) is 9.55 Å². The van der Waals surface area contributed by atoms with Gasteiger partial charge in [0.1, 0.15) is 0 Å². The predicted octanol–water partition coefficient (Wildman–Crippen LogP) is 5.77. The molecular weight excluding hydrogens is 399 g/mol. The molecule has 0 saturated heterocycles. The van der Waals surface area contributed by atoms with E-state index in [4.69, 9.17) is 6.57 Å². The van der Waals surface area contributed by atoms with E-state index in [2.05, 4.69) is 9.83 Å². The maximum atomic E-state index is 13.6. The highest BCUT2D eigenvalue weighted by molar-refractivity contribution is 7.11. The number of halogens is 3. The summed E-state index contributed by atoms with van der Waals surface area (Å²) in [4.78, 5) is 21.3. The van der Waals surface area contributed by atoms with Gasteiger partial charge in [-0.2, -0.15) is 13.2 Å². The third-order valence-corrected chi connectivity index (χ3v) is 5.71. The standard InChI is InChI=1S/C21H18F3N3OS/c1-5-18-26-16(13(3)29-18)11-27-17(14-8-6-7-12(2)9-14)10-15(21(22,23)24)19(25-4)20(27)28/h6-10H,5,11H2,1-3H3. The minimum absolute atomic E-state index is 0.00506. The van der Waals surface area contributed by atoms with Crippen LogP contribution in [0.4, 0.5) is 18.9 Å². The molecule has 1 aromatic carbocycles. The summed E-state index contributed by atoms with van der Waals surface area (Å²) in [7, 11) is 0. The third kappa shape index (κ3) is 4.10. The van der Waals surface area contributed by atoms with Crippen molar-refractivity contribution in [1.82, 2.24) is 9.55 Å². The minimum atomic E-state index is -4.80. The SMILES string of the molecule is [C-]#[N+]c1c(C(F)(F)F)cc(-c2cccc(C)c2)n(Cc2nc(CC)sc2C)c1=O. The Hall–Kier alpha value is -2.92. The Labute approximate surface area is 170 Å². The molecule has 3 rings (SSSR count). The summed E-state index contributed by atoms with van der Waals surface area (Å²) < 4.78 is 41.9. The third-order valence-electron chi connectivity index (χ3n) is 4.55. The minimum Gasteiger partial charge on any atom is -0.311 e. The van der Waals surface area contributed by atoms with Crippen LogP contribution in [0.1, 0.15) is 33.6 Å². The first kappa shape index (κ1) is 20.8. The molecule has 4 nitrogen and oxygen atoms in total. The van der Waals surface area contributed by atoms with Crippen LogP contribution in [0.5, 0.6) is 0 Å². The second kappa shape index (κ2) is 7.84. The van der Waals surface area contributed by atoms with Crippen molar-refractivity contribution in [3.8, 4) is 11.3 Å². The second-order valence-electron chi connectivity index (χ2n) is 6.63. The molecule has 2 aromatic heterocycles. The fourth-order valence-corrected chi connectivity index (χ4v) is 3.98. The van der Waals surface area contributed by atoms with Crippen LogP contribution >= 0.6 is 11.3 Å². The van der Waals surface area contributed by atoms with Crippen LogP contribution in [0, 0.1) is 20.4 Å². The van der Waals surface area contributed by atoms with E-state index in [0.29, 0.717) is 11.3 Å². The molecule has 0 aliphatic rings. The van der Waals surface area contributed by atoms with E-state index in [1.807, 2.05) is 26.8 Å². The zero-order valence-electron chi connectivity index (χ0n) is 16.1. The van der Waals surface area contributed by atoms with Crippen molar-refractivity contribution >= 4 is 17.0 Å². The number of nitrogens with zero attached hydrogens (tertiary/aromatic N) is 3. The van der Waals surface area contributed by atoms with E-state index in [-0.39, 0.29) is 12.2 Å². The Morgan fingerprint density at radius 3 is 2.52 bits per heavy atom. The summed E-state index contributed by atoms with van der Waals surface area (Å²) in [5, 5.41) is 0.889. The number of pyridine rings is 1. The second-order valence-corrected chi connectivity index (χ2v) is 7.91. The van der Waals surface area contributed by atoms with Gasteiger partial charge in [0, 0.05) is 10.6 Å². The molecule has 2 heterocycles. The zero-order valence-corrected chi connectivity index (χ0v) is 16.9. The molecule has 0 aliphatic heterocycles. The van der Waals surface area contributed by atoms with Crippen LogP contribution in [0.15, 0.2) is 35.1 Å². The van der Waals surface area contributed by atoms with Gasteiger partial charge < -0.3 is 4.57 Å². The molecule has 0 radical (unpaired) electrons. The maximum absolute atomic E-state index is 13.6. The topological polar surface area (TPSA) is 39.2 Å². The monoisotopic (exact) mass is 417 g/mol. The van der Waals surface area contributed by atoms with Crippen LogP contribution < -0.4 is 5.56 Å². The van der Waals surface area contributed by atoms with Gasteiger partial charge in [0.25, 0.3) is 11.2 Å². The molecule has 0 atom stereocenters. The number of aromatic nitrogens is 2. The fraction of sp³-hybridized carbons (Fsp3) is 0.286. The van der Waals surface area contributed by atoms with Crippen LogP contribution in [0.3, 0.4) is 0 Å². The van der Waals surface area contributed by atoms with Crippen LogP contribution in [-0.2, 0) is 19.1 Å². The molecule has 0 bridgehead atoms. The highest BCUT2D eigenvalue weighted by Crippen LogP contribution is 2.37. The number of hydrogen-bond donors (Lipinski definition) is 0. The Kier molecular flexibility index (Phi) is 5.62. The zero-order chi connectivity index (χ0) is 21.3. The maximum Gasteiger partial charge on any atom is 0.407 e. The van der Waals surface area contributed by atoms with Crippen molar-refractivity contribution in [2.45, 2.75) is 39.9 Å². The van der Waals surface area contributed by atoms with E-state index >= 15 is 0 Å². The molecule has 3 aromatic rings. The Morgan fingerprint density at radius 1 is 1.24 bits per heavy atom. The van der Waals surface area contributed by atoms with Gasteiger partial charge >= 0.3 is 6.18 Å². The average molecular weight is 417 g/mol. The van der Waals surface area contributed by atoms with Crippen molar-refractivity contribution in [3.63, 3.8) is 0 Å². The van der Waals surface area contributed by atoms with Gasteiger partial charge in [-0.05, 0) is 38.0 Å². The molecule has 0 fully saturated rings. The number of alkyl halides is 3. The predicted molar refractivity (Wildman–Crippen MR) is 107 cm³/mol. The first-order valence-corrected chi connectivity index (χ1v) is 9.72. The molecule has 0 unspecified atom stereocenters. The lowest BCUT2D eigenvalue weighted by molar-refractivity contribution is -0.136. The summed E-state index contributed by atoms with van der Waals surface area (Å²) in [6.45, 7) is 12.8. The molecule has 29 heavy (non-hydrogen) atoms. The van der Waals surface area contributed by atoms with Gasteiger partial charge in [-0.1, -0.05) is 30.7 Å². The fourth-order valence-electron chi connectivity index (χ4n) is 3.10. The number of aryl methyl sites for hydroxylation is 3. The molecule has 0 N–H and O–H groups in total. The Morgan fingerprint density at radius 2 is 1.97 bits per heavy atom. The normalized spacial score (nSPS) is 11.5. The van der Waals surface area contributed by atoms with E-state index < -0.39 is 23.0 Å². The van der Waals surface area contributed by atoms with E-state index in [0.717, 1.165) is 27.9 Å². The molecule has 0 amide bonds. The van der Waals surface area contributed by atoms with Crippen molar-refractivity contribution < 1.29 is 13.2 Å². The average Bonchev–Trinajstić information content (AvgIpc) is 3.02. The quantitative estimate of drug-likeness (QED) is 0.506. The van der Waals surface area contributed by atoms with Gasteiger partial charge in [-0.15, -0.1) is 11.3 Å². The first-order valence-electron chi connectivity index (χ1n) is 8.90.